The van der Waals surface area contributed by atoms with E-state index in [4.69, 9.17) is 4.98 Å². The van der Waals surface area contributed by atoms with Crippen molar-refractivity contribution in [3.8, 4) is 0 Å². The van der Waals surface area contributed by atoms with Gasteiger partial charge in [0.15, 0.2) is 0 Å². The highest BCUT2D eigenvalue weighted by Gasteiger charge is 2.21. The molecule has 0 bridgehead atoms. The molecule has 0 saturated carbocycles. The molecule has 0 unspecified atom stereocenters. The van der Waals surface area contributed by atoms with Gasteiger partial charge in [0.1, 0.15) is 11.6 Å². The van der Waals surface area contributed by atoms with Crippen molar-refractivity contribution in [3.05, 3.63) is 17.6 Å². The van der Waals surface area contributed by atoms with Gasteiger partial charge >= 0.3 is 0 Å². The average molecular weight is 333 g/mol. The highest BCUT2D eigenvalue weighted by Crippen LogP contribution is 2.18. The number of nitrogens with one attached hydrogen (secondary N) is 1. The first-order chi connectivity index (χ1) is 11.4. The Balaban J connectivity index is 1.90. The molecule has 2 rings (SSSR count). The monoisotopic (exact) mass is 333 g/mol. The Bertz CT molecular complexity index is 552. The van der Waals surface area contributed by atoms with Crippen LogP contribution < -0.4 is 10.2 Å². The van der Waals surface area contributed by atoms with Gasteiger partial charge in [-0.1, -0.05) is 20.8 Å². The average Bonchev–Trinajstić information content (AvgIpc) is 2.54. The minimum Gasteiger partial charge on any atom is -0.354 e. The number of aryl methyl sites for hydroxylation is 1. The normalized spacial score (nSPS) is 17.2. The second-order valence-corrected chi connectivity index (χ2v) is 7.02. The van der Waals surface area contributed by atoms with Crippen LogP contribution in [0.25, 0.3) is 0 Å². The molecule has 6 heteroatoms. The van der Waals surface area contributed by atoms with Gasteiger partial charge in [-0.05, 0) is 20.3 Å². The smallest absolute Gasteiger partial charge is 0.234 e. The van der Waals surface area contributed by atoms with Crippen LogP contribution in [0.2, 0.25) is 0 Å². The van der Waals surface area contributed by atoms with E-state index in [9.17, 15) is 4.79 Å². The molecule has 0 spiro atoms. The maximum Gasteiger partial charge on any atom is 0.234 e. The standard InChI is InChI=1S/C18H31N5O/c1-6-14(4)19-17(24)12-22-7-9-23(10-8-22)16-11-15(5)20-18(21-16)13(2)3/h11,13-14H,6-10,12H2,1-5H3,(H,19,24)/t14-/m0/s1. The summed E-state index contributed by atoms with van der Waals surface area (Å²) in [7, 11) is 0. The van der Waals surface area contributed by atoms with E-state index in [1.54, 1.807) is 0 Å². The summed E-state index contributed by atoms with van der Waals surface area (Å²) in [6.07, 6.45) is 0.963. The van der Waals surface area contributed by atoms with Crippen molar-refractivity contribution >= 4 is 11.7 Å². The summed E-state index contributed by atoms with van der Waals surface area (Å²) >= 11 is 0. The van der Waals surface area contributed by atoms with Gasteiger partial charge in [0.05, 0.1) is 6.54 Å². The van der Waals surface area contributed by atoms with Crippen LogP contribution in [0.1, 0.15) is 51.6 Å². The summed E-state index contributed by atoms with van der Waals surface area (Å²) in [6, 6.07) is 2.30. The first kappa shape index (κ1) is 18.6. The lowest BCUT2D eigenvalue weighted by atomic mass is 10.2. The number of carbonyl (C=O) groups is 1. The van der Waals surface area contributed by atoms with Crippen molar-refractivity contribution in [3.63, 3.8) is 0 Å². The molecule has 24 heavy (non-hydrogen) atoms. The lowest BCUT2D eigenvalue weighted by molar-refractivity contribution is -0.122. The third-order valence-corrected chi connectivity index (χ3v) is 4.46. The molecule has 1 saturated heterocycles. The van der Waals surface area contributed by atoms with E-state index in [1.165, 1.54) is 0 Å². The number of piperazine rings is 1. The summed E-state index contributed by atoms with van der Waals surface area (Å²) in [5.41, 5.74) is 1.01. The number of carbonyl (C=O) groups excluding carboxylic acids is 1. The number of amides is 1. The molecule has 6 nitrogen and oxygen atoms in total. The van der Waals surface area contributed by atoms with E-state index in [2.05, 4.69) is 46.9 Å². The first-order valence-electron chi connectivity index (χ1n) is 9.01. The van der Waals surface area contributed by atoms with E-state index < -0.39 is 0 Å². The van der Waals surface area contributed by atoms with Gasteiger partial charge < -0.3 is 10.2 Å². The SMILES string of the molecule is CC[C@H](C)NC(=O)CN1CCN(c2cc(C)nc(C(C)C)n2)CC1. The van der Waals surface area contributed by atoms with Crippen LogP contribution in [-0.4, -0.2) is 59.5 Å². The second-order valence-electron chi connectivity index (χ2n) is 7.02. The number of anilines is 1. The zero-order chi connectivity index (χ0) is 17.7. The molecule has 134 valence electrons. The van der Waals surface area contributed by atoms with Crippen molar-refractivity contribution in [1.82, 2.24) is 20.2 Å². The molecule has 1 amide bonds. The maximum atomic E-state index is 12.0. The molecule has 1 aromatic heterocycles. The van der Waals surface area contributed by atoms with Crippen LogP contribution in [0.5, 0.6) is 0 Å². The molecular formula is C18H31N5O. The largest absolute Gasteiger partial charge is 0.354 e. The number of rotatable bonds is 6. The molecule has 1 aliphatic heterocycles. The van der Waals surface area contributed by atoms with Gasteiger partial charge in [-0.15, -0.1) is 0 Å². The molecule has 2 heterocycles. The number of hydrogen-bond acceptors (Lipinski definition) is 5. The van der Waals surface area contributed by atoms with E-state index >= 15 is 0 Å². The topological polar surface area (TPSA) is 61.4 Å². The summed E-state index contributed by atoms with van der Waals surface area (Å²) in [5.74, 6) is 2.36. The van der Waals surface area contributed by atoms with Crippen LogP contribution in [0.3, 0.4) is 0 Å². The van der Waals surface area contributed by atoms with Gasteiger partial charge in [0, 0.05) is 49.9 Å². The molecule has 0 aliphatic carbocycles. The summed E-state index contributed by atoms with van der Waals surface area (Å²) in [4.78, 5) is 25.7. The van der Waals surface area contributed by atoms with Crippen LogP contribution in [0, 0.1) is 6.92 Å². The van der Waals surface area contributed by atoms with Gasteiger partial charge in [0.2, 0.25) is 5.91 Å². The van der Waals surface area contributed by atoms with E-state index in [0.717, 1.165) is 49.9 Å². The van der Waals surface area contributed by atoms with Gasteiger partial charge in [-0.25, -0.2) is 9.97 Å². The Kier molecular flexibility index (Phi) is 6.54. The second kappa shape index (κ2) is 8.42. The van der Waals surface area contributed by atoms with Crippen LogP contribution >= 0.6 is 0 Å². The number of hydrogen-bond donors (Lipinski definition) is 1. The minimum atomic E-state index is 0.123. The predicted octanol–water partition coefficient (Wildman–Crippen LogP) is 1.95. The lowest BCUT2D eigenvalue weighted by Gasteiger charge is -2.35. The maximum absolute atomic E-state index is 12.0. The fourth-order valence-corrected chi connectivity index (χ4v) is 2.76. The zero-order valence-electron chi connectivity index (χ0n) is 15.7. The Morgan fingerprint density at radius 1 is 1.21 bits per heavy atom. The fourth-order valence-electron chi connectivity index (χ4n) is 2.76. The quantitative estimate of drug-likeness (QED) is 0.862. The van der Waals surface area contributed by atoms with E-state index in [1.807, 2.05) is 13.8 Å². The molecule has 0 radical (unpaired) electrons. The minimum absolute atomic E-state index is 0.123. The number of aromatic nitrogens is 2. The lowest BCUT2D eigenvalue weighted by Crippen LogP contribution is -2.50. The third kappa shape index (κ3) is 5.16. The Morgan fingerprint density at radius 2 is 1.88 bits per heavy atom. The molecule has 0 aromatic carbocycles. The van der Waals surface area contributed by atoms with Crippen molar-refractivity contribution in [2.75, 3.05) is 37.6 Å². The van der Waals surface area contributed by atoms with Crippen LogP contribution in [0.4, 0.5) is 5.82 Å². The van der Waals surface area contributed by atoms with Crippen molar-refractivity contribution in [2.45, 2.75) is 53.0 Å². The van der Waals surface area contributed by atoms with Gasteiger partial charge in [-0.2, -0.15) is 0 Å². The number of nitrogens with zero attached hydrogens (tertiary/aromatic N) is 4. The third-order valence-electron chi connectivity index (χ3n) is 4.46. The Morgan fingerprint density at radius 3 is 2.46 bits per heavy atom. The fraction of sp³-hybridized carbons (Fsp3) is 0.722. The molecule has 1 N–H and O–H groups in total. The zero-order valence-corrected chi connectivity index (χ0v) is 15.7. The summed E-state index contributed by atoms with van der Waals surface area (Å²) < 4.78 is 0. The van der Waals surface area contributed by atoms with Crippen LogP contribution in [-0.2, 0) is 4.79 Å². The molecule has 1 atom stereocenters. The summed E-state index contributed by atoms with van der Waals surface area (Å²) in [6.45, 7) is 14.4. The Hall–Kier alpha value is -1.69. The van der Waals surface area contributed by atoms with Crippen molar-refractivity contribution in [2.24, 2.45) is 0 Å². The highest BCUT2D eigenvalue weighted by atomic mass is 16.2. The van der Waals surface area contributed by atoms with E-state index in [-0.39, 0.29) is 11.9 Å². The predicted molar refractivity (Wildman–Crippen MR) is 97.4 cm³/mol. The Labute approximate surface area is 145 Å². The van der Waals surface area contributed by atoms with Gasteiger partial charge in [-0.3, -0.25) is 9.69 Å². The van der Waals surface area contributed by atoms with E-state index in [0.29, 0.717) is 12.5 Å². The highest BCUT2D eigenvalue weighted by molar-refractivity contribution is 5.78. The van der Waals surface area contributed by atoms with Gasteiger partial charge in [0.25, 0.3) is 0 Å². The molecule has 1 fully saturated rings. The first-order valence-corrected chi connectivity index (χ1v) is 9.01. The van der Waals surface area contributed by atoms with Crippen molar-refractivity contribution in [1.29, 1.82) is 0 Å². The molecule has 1 aliphatic rings. The molecule has 1 aromatic rings. The molecular weight excluding hydrogens is 302 g/mol. The van der Waals surface area contributed by atoms with Crippen LogP contribution in [0.15, 0.2) is 6.07 Å². The van der Waals surface area contributed by atoms with Crippen molar-refractivity contribution < 1.29 is 4.79 Å². The summed E-state index contributed by atoms with van der Waals surface area (Å²) in [5, 5.41) is 3.03.